The zero-order chi connectivity index (χ0) is 23.7. The molecular weight excluding hydrogens is 432 g/mol. The molecule has 168 valence electrons. The van der Waals surface area contributed by atoms with Gasteiger partial charge in [-0.25, -0.2) is 13.8 Å². The molecule has 0 unspecified atom stereocenters. The Kier molecular flexibility index (Phi) is 5.69. The molecule has 1 aromatic carbocycles. The van der Waals surface area contributed by atoms with Crippen molar-refractivity contribution in [1.82, 2.24) is 24.3 Å². The van der Waals surface area contributed by atoms with Crippen molar-refractivity contribution >= 4 is 17.5 Å². The van der Waals surface area contributed by atoms with E-state index in [1.165, 1.54) is 40.8 Å². The number of rotatable bonds is 6. The molecule has 0 saturated carbocycles. The first-order valence-electron chi connectivity index (χ1n) is 9.80. The van der Waals surface area contributed by atoms with Crippen molar-refractivity contribution in [3.8, 4) is 22.4 Å². The SMILES string of the molecule is Cc1nn(CC(=O)Nc2ccncc2)cc1-c1ccc(-c2cnc(C(N)=O)n2C)c(F)c1F. The van der Waals surface area contributed by atoms with Crippen LogP contribution in [0.2, 0.25) is 0 Å². The second-order valence-corrected chi connectivity index (χ2v) is 7.29. The summed E-state index contributed by atoms with van der Waals surface area (Å²) >= 11 is 0. The lowest BCUT2D eigenvalue weighted by atomic mass is 10.0. The van der Waals surface area contributed by atoms with Gasteiger partial charge in [0.2, 0.25) is 5.91 Å². The molecule has 3 aromatic heterocycles. The van der Waals surface area contributed by atoms with Crippen LogP contribution in [-0.4, -0.2) is 36.1 Å². The molecule has 0 aliphatic heterocycles. The molecule has 4 rings (SSSR count). The van der Waals surface area contributed by atoms with E-state index in [9.17, 15) is 14.0 Å². The third-order valence-electron chi connectivity index (χ3n) is 5.07. The molecular formula is C22H19F2N7O2. The second kappa shape index (κ2) is 8.61. The van der Waals surface area contributed by atoms with Crippen LogP contribution in [0.4, 0.5) is 14.5 Å². The fourth-order valence-corrected chi connectivity index (χ4v) is 3.49. The molecule has 3 N–H and O–H groups in total. The second-order valence-electron chi connectivity index (χ2n) is 7.29. The first-order valence-corrected chi connectivity index (χ1v) is 9.80. The van der Waals surface area contributed by atoms with E-state index < -0.39 is 17.5 Å². The molecule has 3 heterocycles. The summed E-state index contributed by atoms with van der Waals surface area (Å²) in [6, 6.07) is 6.09. The standard InChI is InChI=1S/C22H19F2N7O2/c1-12-16(10-31(29-12)11-18(32)28-13-5-7-26-8-6-13)14-3-4-15(20(24)19(14)23)17-9-27-22(21(25)33)30(17)2/h3-10H,11H2,1-2H3,(H2,25,33)(H,26,28,32). The minimum Gasteiger partial charge on any atom is -0.363 e. The first kappa shape index (κ1) is 21.8. The molecule has 9 nitrogen and oxygen atoms in total. The summed E-state index contributed by atoms with van der Waals surface area (Å²) in [7, 11) is 1.48. The molecule has 0 radical (unpaired) electrons. The van der Waals surface area contributed by atoms with Gasteiger partial charge in [-0.05, 0) is 25.1 Å². The number of nitrogens with zero attached hydrogens (tertiary/aromatic N) is 5. The van der Waals surface area contributed by atoms with Gasteiger partial charge >= 0.3 is 0 Å². The number of anilines is 1. The minimum atomic E-state index is -1.10. The fraction of sp³-hybridized carbons (Fsp3) is 0.136. The number of carbonyl (C=O) groups is 2. The molecule has 0 atom stereocenters. The monoisotopic (exact) mass is 451 g/mol. The molecule has 2 amide bonds. The number of hydrogen-bond acceptors (Lipinski definition) is 5. The topological polar surface area (TPSA) is 121 Å². The summed E-state index contributed by atoms with van der Waals surface area (Å²) < 4.78 is 32.7. The normalized spacial score (nSPS) is 10.9. The van der Waals surface area contributed by atoms with E-state index in [1.54, 1.807) is 31.5 Å². The molecule has 33 heavy (non-hydrogen) atoms. The van der Waals surface area contributed by atoms with Crippen LogP contribution in [0.15, 0.2) is 49.1 Å². The maximum absolute atomic E-state index is 15.1. The lowest BCUT2D eigenvalue weighted by Crippen LogP contribution is -2.19. The van der Waals surface area contributed by atoms with Crippen molar-refractivity contribution in [1.29, 1.82) is 0 Å². The third kappa shape index (κ3) is 4.20. The molecule has 0 spiro atoms. The Balaban J connectivity index is 1.61. The Hall–Kier alpha value is -4.41. The zero-order valence-electron chi connectivity index (χ0n) is 17.7. The maximum atomic E-state index is 15.1. The van der Waals surface area contributed by atoms with E-state index in [0.717, 1.165) is 0 Å². The van der Waals surface area contributed by atoms with Crippen molar-refractivity contribution < 1.29 is 18.4 Å². The van der Waals surface area contributed by atoms with E-state index in [-0.39, 0.29) is 35.1 Å². The summed E-state index contributed by atoms with van der Waals surface area (Å²) in [5.74, 6) is -3.38. The Labute approximate surface area is 186 Å². The number of hydrogen-bond donors (Lipinski definition) is 2. The van der Waals surface area contributed by atoms with Crippen LogP contribution in [0.5, 0.6) is 0 Å². The van der Waals surface area contributed by atoms with Gasteiger partial charge in [-0.15, -0.1) is 0 Å². The number of nitrogens with one attached hydrogen (secondary N) is 1. The van der Waals surface area contributed by atoms with Gasteiger partial charge < -0.3 is 15.6 Å². The van der Waals surface area contributed by atoms with Crippen molar-refractivity contribution in [2.75, 3.05) is 5.32 Å². The van der Waals surface area contributed by atoms with Crippen LogP contribution in [0.25, 0.3) is 22.4 Å². The summed E-state index contributed by atoms with van der Waals surface area (Å²) in [5.41, 5.74) is 6.72. The number of primary amides is 1. The highest BCUT2D eigenvalue weighted by Gasteiger charge is 2.22. The van der Waals surface area contributed by atoms with Crippen LogP contribution < -0.4 is 11.1 Å². The highest BCUT2D eigenvalue weighted by atomic mass is 19.2. The molecule has 0 aliphatic rings. The molecule has 0 saturated heterocycles. The average Bonchev–Trinajstić information content (AvgIpc) is 3.33. The Morgan fingerprint density at radius 2 is 1.73 bits per heavy atom. The van der Waals surface area contributed by atoms with Gasteiger partial charge in [-0.1, -0.05) is 6.07 Å². The van der Waals surface area contributed by atoms with Gasteiger partial charge in [0.15, 0.2) is 17.5 Å². The van der Waals surface area contributed by atoms with E-state index >= 15 is 4.39 Å². The predicted molar refractivity (Wildman–Crippen MR) is 116 cm³/mol. The van der Waals surface area contributed by atoms with Crippen molar-refractivity contribution in [2.24, 2.45) is 12.8 Å². The first-order chi connectivity index (χ1) is 15.8. The summed E-state index contributed by atoms with van der Waals surface area (Å²) in [6.07, 6.45) is 5.83. The Bertz CT molecular complexity index is 1360. The quantitative estimate of drug-likeness (QED) is 0.467. The number of amides is 2. The summed E-state index contributed by atoms with van der Waals surface area (Å²) in [6.45, 7) is 1.52. The lowest BCUT2D eigenvalue weighted by molar-refractivity contribution is -0.116. The van der Waals surface area contributed by atoms with Gasteiger partial charge in [0, 0.05) is 48.0 Å². The number of aryl methyl sites for hydroxylation is 1. The van der Waals surface area contributed by atoms with Crippen molar-refractivity contribution in [3.05, 3.63) is 72.2 Å². The van der Waals surface area contributed by atoms with E-state index in [0.29, 0.717) is 16.9 Å². The number of benzene rings is 1. The zero-order valence-corrected chi connectivity index (χ0v) is 17.7. The molecule has 4 aromatic rings. The summed E-state index contributed by atoms with van der Waals surface area (Å²) in [5, 5.41) is 6.95. The van der Waals surface area contributed by atoms with E-state index in [2.05, 4.69) is 20.4 Å². The van der Waals surface area contributed by atoms with Crippen LogP contribution >= 0.6 is 0 Å². The Morgan fingerprint density at radius 3 is 2.39 bits per heavy atom. The summed E-state index contributed by atoms with van der Waals surface area (Å²) in [4.78, 5) is 31.4. The average molecular weight is 451 g/mol. The van der Waals surface area contributed by atoms with Crippen molar-refractivity contribution in [2.45, 2.75) is 13.5 Å². The number of pyridine rings is 1. The molecule has 0 bridgehead atoms. The Morgan fingerprint density at radius 1 is 1.06 bits per heavy atom. The molecule has 11 heteroatoms. The fourth-order valence-electron chi connectivity index (χ4n) is 3.49. The van der Waals surface area contributed by atoms with Crippen LogP contribution in [-0.2, 0) is 18.4 Å². The van der Waals surface area contributed by atoms with Crippen LogP contribution in [0.3, 0.4) is 0 Å². The van der Waals surface area contributed by atoms with Crippen LogP contribution in [0.1, 0.15) is 16.3 Å². The molecule has 0 aliphatic carbocycles. The largest absolute Gasteiger partial charge is 0.363 e. The number of imidazole rings is 1. The minimum absolute atomic E-state index is 0.00756. The van der Waals surface area contributed by atoms with Crippen molar-refractivity contribution in [3.63, 3.8) is 0 Å². The third-order valence-corrected chi connectivity index (χ3v) is 5.07. The van der Waals surface area contributed by atoms with Crippen LogP contribution in [0, 0.1) is 18.6 Å². The molecule has 0 fully saturated rings. The number of carbonyl (C=O) groups excluding carboxylic acids is 2. The van der Waals surface area contributed by atoms with Gasteiger partial charge in [0.05, 0.1) is 17.6 Å². The number of aromatic nitrogens is 5. The van der Waals surface area contributed by atoms with E-state index in [4.69, 9.17) is 5.73 Å². The van der Waals surface area contributed by atoms with Gasteiger partial charge in [0.1, 0.15) is 6.54 Å². The number of halogens is 2. The smallest absolute Gasteiger partial charge is 0.284 e. The highest BCUT2D eigenvalue weighted by Crippen LogP contribution is 2.32. The highest BCUT2D eigenvalue weighted by molar-refractivity contribution is 5.91. The van der Waals surface area contributed by atoms with Gasteiger partial charge in [-0.3, -0.25) is 19.3 Å². The van der Waals surface area contributed by atoms with Gasteiger partial charge in [0.25, 0.3) is 5.91 Å². The predicted octanol–water partition coefficient (Wildman–Crippen LogP) is 2.67. The maximum Gasteiger partial charge on any atom is 0.284 e. The van der Waals surface area contributed by atoms with E-state index in [1.807, 2.05) is 0 Å². The van der Waals surface area contributed by atoms with Gasteiger partial charge in [-0.2, -0.15) is 5.10 Å². The number of nitrogens with two attached hydrogens (primary N) is 1. The lowest BCUT2D eigenvalue weighted by Gasteiger charge is -2.09.